The first-order valence-corrected chi connectivity index (χ1v) is 5.51. The van der Waals surface area contributed by atoms with E-state index in [0.717, 1.165) is 36.3 Å². The van der Waals surface area contributed by atoms with Gasteiger partial charge in [-0.15, -0.1) is 0 Å². The van der Waals surface area contributed by atoms with Crippen molar-refractivity contribution in [3.63, 3.8) is 0 Å². The Morgan fingerprint density at radius 3 is 2.64 bits per heavy atom. The quantitative estimate of drug-likeness (QED) is 0.801. The van der Waals surface area contributed by atoms with Crippen LogP contribution in [0.5, 0.6) is 5.75 Å². The van der Waals surface area contributed by atoms with Crippen LogP contribution < -0.4 is 10.2 Å². The van der Waals surface area contributed by atoms with Crippen LogP contribution in [0, 0.1) is 0 Å². The fourth-order valence-corrected chi connectivity index (χ4v) is 1.87. The number of anilines is 1. The lowest BCUT2D eigenvalue weighted by Gasteiger charge is -2.29. The molecule has 0 aliphatic carbocycles. The van der Waals surface area contributed by atoms with E-state index in [2.05, 4.69) is 26.1 Å². The van der Waals surface area contributed by atoms with Crippen LogP contribution in [0.2, 0.25) is 0 Å². The predicted octanol–water partition coefficient (Wildman–Crippen LogP) is 1.56. The van der Waals surface area contributed by atoms with Crippen molar-refractivity contribution in [2.24, 2.45) is 0 Å². The topological polar surface area (TPSA) is 35.5 Å². The number of phenols is 1. The van der Waals surface area contributed by atoms with Crippen molar-refractivity contribution < 1.29 is 5.11 Å². The maximum atomic E-state index is 9.54. The number of nitrogens with zero attached hydrogens (tertiary/aromatic N) is 1. The number of nitrogens with one attached hydrogen (secondary N) is 1. The number of hydrogen-bond donors (Lipinski definition) is 2. The van der Waals surface area contributed by atoms with Crippen molar-refractivity contribution in [2.45, 2.75) is 0 Å². The first kappa shape index (κ1) is 9.80. The molecule has 0 unspecified atom stereocenters. The van der Waals surface area contributed by atoms with Crippen LogP contribution in [0.15, 0.2) is 22.7 Å². The molecule has 0 radical (unpaired) electrons. The second kappa shape index (κ2) is 4.19. The third-order valence-electron chi connectivity index (χ3n) is 2.41. The molecule has 1 aromatic carbocycles. The highest BCUT2D eigenvalue weighted by Crippen LogP contribution is 2.28. The molecule has 2 rings (SSSR count). The van der Waals surface area contributed by atoms with Crippen molar-refractivity contribution in [3.05, 3.63) is 22.7 Å². The smallest absolute Gasteiger partial charge is 0.131 e. The summed E-state index contributed by atoms with van der Waals surface area (Å²) in [6.07, 6.45) is 0. The molecule has 3 nitrogen and oxygen atoms in total. The summed E-state index contributed by atoms with van der Waals surface area (Å²) in [6, 6.07) is 5.71. The lowest BCUT2D eigenvalue weighted by atomic mass is 10.2. The molecule has 1 aliphatic rings. The van der Waals surface area contributed by atoms with Crippen molar-refractivity contribution >= 4 is 21.6 Å². The van der Waals surface area contributed by atoms with Crippen LogP contribution in [-0.4, -0.2) is 31.3 Å². The molecule has 14 heavy (non-hydrogen) atoms. The molecule has 76 valence electrons. The average Bonchev–Trinajstić information content (AvgIpc) is 2.23. The molecule has 0 atom stereocenters. The minimum atomic E-state index is 0.307. The van der Waals surface area contributed by atoms with Gasteiger partial charge in [0.05, 0.1) is 4.47 Å². The summed E-state index contributed by atoms with van der Waals surface area (Å²) in [5.41, 5.74) is 1.09. The summed E-state index contributed by atoms with van der Waals surface area (Å²) < 4.78 is 0.747. The van der Waals surface area contributed by atoms with Crippen LogP contribution >= 0.6 is 15.9 Å². The normalized spacial score (nSPS) is 17.1. The second-order valence-corrected chi connectivity index (χ2v) is 4.23. The highest BCUT2D eigenvalue weighted by molar-refractivity contribution is 9.10. The van der Waals surface area contributed by atoms with Gasteiger partial charge in [0, 0.05) is 37.9 Å². The summed E-state index contributed by atoms with van der Waals surface area (Å²) >= 11 is 3.27. The Morgan fingerprint density at radius 1 is 1.29 bits per heavy atom. The molecule has 2 N–H and O–H groups in total. The molecule has 0 amide bonds. The number of benzene rings is 1. The number of halogens is 1. The maximum Gasteiger partial charge on any atom is 0.131 e. The van der Waals surface area contributed by atoms with E-state index in [0.29, 0.717) is 5.75 Å². The summed E-state index contributed by atoms with van der Waals surface area (Å²) in [5, 5.41) is 12.8. The zero-order valence-corrected chi connectivity index (χ0v) is 9.42. The minimum absolute atomic E-state index is 0.307. The van der Waals surface area contributed by atoms with Gasteiger partial charge in [0.2, 0.25) is 0 Å². The van der Waals surface area contributed by atoms with E-state index in [1.165, 1.54) is 0 Å². The van der Waals surface area contributed by atoms with Gasteiger partial charge in [-0.1, -0.05) is 0 Å². The summed E-state index contributed by atoms with van der Waals surface area (Å²) in [4.78, 5) is 2.27. The third-order valence-corrected chi connectivity index (χ3v) is 3.08. The van der Waals surface area contributed by atoms with E-state index in [1.807, 2.05) is 12.1 Å². The third kappa shape index (κ3) is 2.01. The fraction of sp³-hybridized carbons (Fsp3) is 0.400. The Morgan fingerprint density at radius 2 is 2.00 bits per heavy atom. The molecular formula is C10H13BrN2O. The Bertz CT molecular complexity index is 324. The zero-order valence-electron chi connectivity index (χ0n) is 7.83. The number of hydrogen-bond acceptors (Lipinski definition) is 3. The van der Waals surface area contributed by atoms with Gasteiger partial charge in [-0.3, -0.25) is 0 Å². The zero-order chi connectivity index (χ0) is 9.97. The standard InChI is InChI=1S/C10H13BrN2O/c11-9-2-1-8(7-10(9)14)13-5-3-12-4-6-13/h1-2,7,12,14H,3-6H2. The fourth-order valence-electron chi connectivity index (χ4n) is 1.62. The highest BCUT2D eigenvalue weighted by atomic mass is 79.9. The molecule has 1 aliphatic heterocycles. The SMILES string of the molecule is Oc1cc(N2CCNCC2)ccc1Br. The average molecular weight is 257 g/mol. The number of piperazine rings is 1. The van der Waals surface area contributed by atoms with Crippen molar-refractivity contribution in [1.29, 1.82) is 0 Å². The highest BCUT2D eigenvalue weighted by Gasteiger charge is 2.11. The lowest BCUT2D eigenvalue weighted by molar-refractivity contribution is 0.471. The van der Waals surface area contributed by atoms with E-state index < -0.39 is 0 Å². The van der Waals surface area contributed by atoms with E-state index in [-0.39, 0.29) is 0 Å². The van der Waals surface area contributed by atoms with Crippen molar-refractivity contribution in [1.82, 2.24) is 5.32 Å². The molecule has 0 bridgehead atoms. The van der Waals surface area contributed by atoms with Crippen LogP contribution in [0.4, 0.5) is 5.69 Å². The minimum Gasteiger partial charge on any atom is -0.507 e. The van der Waals surface area contributed by atoms with Gasteiger partial charge in [-0.05, 0) is 28.1 Å². The Hall–Kier alpha value is -0.740. The Balaban J connectivity index is 2.18. The monoisotopic (exact) mass is 256 g/mol. The second-order valence-electron chi connectivity index (χ2n) is 3.37. The molecule has 1 heterocycles. The molecule has 1 aromatic rings. The Kier molecular flexibility index (Phi) is 2.93. The molecule has 0 spiro atoms. The number of rotatable bonds is 1. The van der Waals surface area contributed by atoms with Gasteiger partial charge in [0.25, 0.3) is 0 Å². The number of phenolic OH excluding ortho intramolecular Hbond substituents is 1. The molecule has 1 saturated heterocycles. The maximum absolute atomic E-state index is 9.54. The molecule has 0 aromatic heterocycles. The molecule has 1 fully saturated rings. The van der Waals surface area contributed by atoms with Crippen molar-refractivity contribution in [2.75, 3.05) is 31.1 Å². The molecule has 4 heteroatoms. The van der Waals surface area contributed by atoms with Gasteiger partial charge >= 0.3 is 0 Å². The van der Waals surface area contributed by atoms with E-state index in [1.54, 1.807) is 6.07 Å². The van der Waals surface area contributed by atoms with E-state index >= 15 is 0 Å². The van der Waals surface area contributed by atoms with Crippen LogP contribution in [0.3, 0.4) is 0 Å². The summed E-state index contributed by atoms with van der Waals surface area (Å²) in [5.74, 6) is 0.307. The number of aromatic hydroxyl groups is 1. The molecular weight excluding hydrogens is 244 g/mol. The first-order chi connectivity index (χ1) is 6.77. The van der Waals surface area contributed by atoms with Gasteiger partial charge in [-0.2, -0.15) is 0 Å². The predicted molar refractivity (Wildman–Crippen MR) is 60.9 cm³/mol. The summed E-state index contributed by atoms with van der Waals surface area (Å²) in [7, 11) is 0. The van der Waals surface area contributed by atoms with Crippen molar-refractivity contribution in [3.8, 4) is 5.75 Å². The lowest BCUT2D eigenvalue weighted by Crippen LogP contribution is -2.43. The van der Waals surface area contributed by atoms with Gasteiger partial charge in [-0.25, -0.2) is 0 Å². The van der Waals surface area contributed by atoms with Gasteiger partial charge in [0.1, 0.15) is 5.75 Å². The van der Waals surface area contributed by atoms with E-state index in [4.69, 9.17) is 0 Å². The first-order valence-electron chi connectivity index (χ1n) is 4.71. The van der Waals surface area contributed by atoms with Gasteiger partial charge < -0.3 is 15.3 Å². The van der Waals surface area contributed by atoms with Gasteiger partial charge in [0.15, 0.2) is 0 Å². The molecule has 0 saturated carbocycles. The van der Waals surface area contributed by atoms with Crippen LogP contribution in [-0.2, 0) is 0 Å². The van der Waals surface area contributed by atoms with Crippen LogP contribution in [0.1, 0.15) is 0 Å². The Labute approximate surface area is 91.9 Å². The van der Waals surface area contributed by atoms with E-state index in [9.17, 15) is 5.11 Å². The summed E-state index contributed by atoms with van der Waals surface area (Å²) in [6.45, 7) is 4.02. The largest absolute Gasteiger partial charge is 0.507 e. The van der Waals surface area contributed by atoms with Crippen LogP contribution in [0.25, 0.3) is 0 Å².